The molecule has 0 bridgehead atoms. The predicted octanol–water partition coefficient (Wildman–Crippen LogP) is -0.553. The maximum atomic E-state index is 11.4. The summed E-state index contributed by atoms with van der Waals surface area (Å²) >= 11 is 1.22. The topological polar surface area (TPSA) is 101 Å². The number of aromatic amines is 1. The van der Waals surface area contributed by atoms with E-state index in [1.807, 2.05) is 0 Å². The molecular weight excluding hydrogens is 206 g/mol. The van der Waals surface area contributed by atoms with Crippen LogP contribution in [-0.4, -0.2) is 14.9 Å². The molecule has 6 nitrogen and oxygen atoms in total. The van der Waals surface area contributed by atoms with E-state index in [1.54, 1.807) is 5.38 Å². The molecule has 0 fully saturated rings. The molecule has 2 aromatic heterocycles. The molecule has 0 aliphatic carbocycles. The summed E-state index contributed by atoms with van der Waals surface area (Å²) in [6.07, 6.45) is 0. The Bertz CT molecular complexity index is 594. The van der Waals surface area contributed by atoms with E-state index in [4.69, 9.17) is 10.9 Å². The van der Waals surface area contributed by atoms with Crippen LogP contribution in [0.2, 0.25) is 0 Å². The number of rotatable bonds is 1. The monoisotopic (exact) mass is 213 g/mol. The summed E-state index contributed by atoms with van der Waals surface area (Å²) in [6, 6.07) is 0. The second-order valence-electron chi connectivity index (χ2n) is 2.72. The molecule has 0 radical (unpaired) electrons. The molecule has 74 valence electrons. The SMILES string of the molecule is NCc1csc2[nH]c(=O)n(O)c(=O)c12. The Morgan fingerprint density at radius 3 is 2.93 bits per heavy atom. The van der Waals surface area contributed by atoms with Crippen LogP contribution in [0, 0.1) is 0 Å². The lowest BCUT2D eigenvalue weighted by atomic mass is 10.2. The number of hydrogen-bond donors (Lipinski definition) is 3. The van der Waals surface area contributed by atoms with Crippen LogP contribution in [0.15, 0.2) is 15.0 Å². The molecule has 2 aromatic rings. The number of nitrogens with two attached hydrogens (primary N) is 1. The number of aromatic nitrogens is 2. The zero-order chi connectivity index (χ0) is 10.3. The van der Waals surface area contributed by atoms with Gasteiger partial charge in [-0.3, -0.25) is 9.78 Å². The summed E-state index contributed by atoms with van der Waals surface area (Å²) in [5, 5.41) is 11.0. The van der Waals surface area contributed by atoms with Crippen LogP contribution in [0.3, 0.4) is 0 Å². The zero-order valence-electron chi connectivity index (χ0n) is 6.98. The summed E-state index contributed by atoms with van der Waals surface area (Å²) in [4.78, 5) is 25.2. The van der Waals surface area contributed by atoms with E-state index in [-0.39, 0.29) is 16.7 Å². The van der Waals surface area contributed by atoms with Crippen molar-refractivity contribution >= 4 is 21.6 Å². The first-order valence-electron chi connectivity index (χ1n) is 3.80. The van der Waals surface area contributed by atoms with Crippen LogP contribution in [0.5, 0.6) is 0 Å². The van der Waals surface area contributed by atoms with Gasteiger partial charge in [0, 0.05) is 6.54 Å². The van der Waals surface area contributed by atoms with Gasteiger partial charge in [0.25, 0.3) is 5.56 Å². The molecule has 0 spiro atoms. The maximum Gasteiger partial charge on any atom is 0.362 e. The summed E-state index contributed by atoms with van der Waals surface area (Å²) in [5.74, 6) is 0. The van der Waals surface area contributed by atoms with Gasteiger partial charge >= 0.3 is 5.69 Å². The summed E-state index contributed by atoms with van der Waals surface area (Å²) in [7, 11) is 0. The van der Waals surface area contributed by atoms with Crippen LogP contribution < -0.4 is 17.0 Å². The minimum Gasteiger partial charge on any atom is -0.421 e. The average Bonchev–Trinajstić information content (AvgIpc) is 2.57. The summed E-state index contributed by atoms with van der Waals surface area (Å²) in [5.41, 5.74) is 4.45. The second kappa shape index (κ2) is 2.96. The largest absolute Gasteiger partial charge is 0.421 e. The van der Waals surface area contributed by atoms with Gasteiger partial charge in [0.1, 0.15) is 4.83 Å². The lowest BCUT2D eigenvalue weighted by Crippen LogP contribution is -2.33. The fraction of sp³-hybridized carbons (Fsp3) is 0.143. The van der Waals surface area contributed by atoms with Gasteiger partial charge in [-0.2, -0.15) is 0 Å². The molecule has 0 saturated carbocycles. The second-order valence-corrected chi connectivity index (χ2v) is 3.60. The van der Waals surface area contributed by atoms with Gasteiger partial charge in [0.05, 0.1) is 5.39 Å². The van der Waals surface area contributed by atoms with Crippen LogP contribution in [0.1, 0.15) is 5.56 Å². The van der Waals surface area contributed by atoms with Crippen molar-refractivity contribution in [3.63, 3.8) is 0 Å². The average molecular weight is 213 g/mol. The Labute approximate surface area is 81.2 Å². The Balaban J connectivity index is 3.03. The number of nitrogens with zero attached hydrogens (tertiary/aromatic N) is 1. The molecule has 7 heteroatoms. The first-order chi connectivity index (χ1) is 6.65. The maximum absolute atomic E-state index is 11.4. The van der Waals surface area contributed by atoms with Gasteiger partial charge in [-0.05, 0) is 10.9 Å². The van der Waals surface area contributed by atoms with E-state index in [2.05, 4.69) is 4.98 Å². The Kier molecular flexibility index (Phi) is 1.90. The van der Waals surface area contributed by atoms with Crippen molar-refractivity contribution in [1.29, 1.82) is 0 Å². The van der Waals surface area contributed by atoms with E-state index in [1.165, 1.54) is 11.3 Å². The molecule has 0 amide bonds. The van der Waals surface area contributed by atoms with Crippen LogP contribution in [-0.2, 0) is 6.54 Å². The fourth-order valence-corrected chi connectivity index (χ4v) is 2.18. The van der Waals surface area contributed by atoms with Crippen molar-refractivity contribution in [3.05, 3.63) is 31.8 Å². The van der Waals surface area contributed by atoms with Gasteiger partial charge in [0.15, 0.2) is 0 Å². The van der Waals surface area contributed by atoms with Crippen molar-refractivity contribution in [2.45, 2.75) is 6.54 Å². The molecule has 2 heterocycles. The van der Waals surface area contributed by atoms with E-state index >= 15 is 0 Å². The number of hydrogen-bond acceptors (Lipinski definition) is 5. The molecule has 0 aliphatic rings. The Morgan fingerprint density at radius 1 is 1.57 bits per heavy atom. The van der Waals surface area contributed by atoms with Crippen molar-refractivity contribution in [1.82, 2.24) is 9.71 Å². The minimum atomic E-state index is -0.840. The highest BCUT2D eigenvalue weighted by molar-refractivity contribution is 7.16. The van der Waals surface area contributed by atoms with E-state index in [0.29, 0.717) is 10.4 Å². The quantitative estimate of drug-likeness (QED) is 0.553. The standard InChI is InChI=1S/C7H7N3O3S/c8-1-3-2-14-5-4(3)6(11)10(13)7(12)9-5/h2,13H,1,8H2,(H,9,12). The van der Waals surface area contributed by atoms with E-state index < -0.39 is 11.2 Å². The molecule has 14 heavy (non-hydrogen) atoms. The Hall–Kier alpha value is -1.60. The Morgan fingerprint density at radius 2 is 2.29 bits per heavy atom. The third kappa shape index (κ3) is 1.06. The lowest BCUT2D eigenvalue weighted by Gasteiger charge is -1.95. The normalized spacial score (nSPS) is 10.9. The molecule has 4 N–H and O–H groups in total. The van der Waals surface area contributed by atoms with Gasteiger partial charge in [-0.15, -0.1) is 11.3 Å². The van der Waals surface area contributed by atoms with Crippen molar-refractivity contribution in [2.24, 2.45) is 5.73 Å². The van der Waals surface area contributed by atoms with Crippen LogP contribution in [0.4, 0.5) is 0 Å². The first kappa shape index (κ1) is 8.97. The molecule has 0 unspecified atom stereocenters. The molecule has 0 saturated heterocycles. The number of H-pyrrole nitrogens is 1. The lowest BCUT2D eigenvalue weighted by molar-refractivity contribution is 0.162. The van der Waals surface area contributed by atoms with Crippen LogP contribution >= 0.6 is 11.3 Å². The summed E-state index contributed by atoms with van der Waals surface area (Å²) in [6.45, 7) is 0.196. The third-order valence-electron chi connectivity index (χ3n) is 1.91. The zero-order valence-corrected chi connectivity index (χ0v) is 7.80. The van der Waals surface area contributed by atoms with Crippen molar-refractivity contribution < 1.29 is 5.21 Å². The van der Waals surface area contributed by atoms with Gasteiger partial charge in [-0.25, -0.2) is 4.79 Å². The highest BCUT2D eigenvalue weighted by Gasteiger charge is 2.11. The van der Waals surface area contributed by atoms with E-state index in [9.17, 15) is 9.59 Å². The minimum absolute atomic E-state index is 0.0498. The first-order valence-corrected chi connectivity index (χ1v) is 4.68. The highest BCUT2D eigenvalue weighted by Crippen LogP contribution is 2.18. The van der Waals surface area contributed by atoms with Crippen LogP contribution in [0.25, 0.3) is 10.2 Å². The smallest absolute Gasteiger partial charge is 0.362 e. The molecule has 2 rings (SSSR count). The molecule has 0 atom stereocenters. The third-order valence-corrected chi connectivity index (χ3v) is 2.85. The van der Waals surface area contributed by atoms with Gasteiger partial charge in [0.2, 0.25) is 0 Å². The molecular formula is C7H7N3O3S. The fourth-order valence-electron chi connectivity index (χ4n) is 1.22. The number of thiophene rings is 1. The number of fused-ring (bicyclic) bond motifs is 1. The molecule has 0 aromatic carbocycles. The van der Waals surface area contributed by atoms with Gasteiger partial charge < -0.3 is 10.9 Å². The summed E-state index contributed by atoms with van der Waals surface area (Å²) < 4.78 is 0.0498. The van der Waals surface area contributed by atoms with Gasteiger partial charge in [-0.1, -0.05) is 4.73 Å². The van der Waals surface area contributed by atoms with Crippen molar-refractivity contribution in [3.8, 4) is 0 Å². The van der Waals surface area contributed by atoms with Crippen molar-refractivity contribution in [2.75, 3.05) is 0 Å². The predicted molar refractivity (Wildman–Crippen MR) is 51.8 cm³/mol. The highest BCUT2D eigenvalue weighted by atomic mass is 32.1. The number of nitrogens with one attached hydrogen (secondary N) is 1. The van der Waals surface area contributed by atoms with E-state index in [0.717, 1.165) is 0 Å². The molecule has 0 aliphatic heterocycles.